The Hall–Kier alpha value is -0.0800. The van der Waals surface area contributed by atoms with Gasteiger partial charge in [-0.25, -0.2) is 0 Å². The number of hydrogen-bond donors (Lipinski definition) is 1. The molecule has 0 bridgehead atoms. The summed E-state index contributed by atoms with van der Waals surface area (Å²) in [5.41, 5.74) is 0. The molecule has 1 aliphatic carbocycles. The summed E-state index contributed by atoms with van der Waals surface area (Å²) in [5, 5.41) is 3.78. The van der Waals surface area contributed by atoms with Crippen LogP contribution in [0.25, 0.3) is 0 Å². The molecule has 2 nitrogen and oxygen atoms in total. The summed E-state index contributed by atoms with van der Waals surface area (Å²) < 4.78 is 5.41. The van der Waals surface area contributed by atoms with E-state index in [0.29, 0.717) is 6.04 Å². The number of rotatable bonds is 3. The monoisotopic (exact) mass is 211 g/mol. The van der Waals surface area contributed by atoms with Gasteiger partial charge in [-0.3, -0.25) is 0 Å². The Kier molecular flexibility index (Phi) is 4.45. The first-order chi connectivity index (χ1) is 7.38. The lowest BCUT2D eigenvalue weighted by atomic mass is 9.97. The van der Waals surface area contributed by atoms with E-state index in [-0.39, 0.29) is 0 Å². The fraction of sp³-hybridized carbons (Fsp3) is 1.00. The Bertz CT molecular complexity index is 177. The molecule has 0 aromatic heterocycles. The highest BCUT2D eigenvalue weighted by Gasteiger charge is 2.22. The molecule has 1 aliphatic heterocycles. The molecule has 2 aliphatic rings. The molecule has 0 aromatic carbocycles. The molecule has 1 saturated carbocycles. The van der Waals surface area contributed by atoms with Crippen molar-refractivity contribution in [1.29, 1.82) is 0 Å². The molecule has 0 aromatic rings. The normalized spacial score (nSPS) is 37.8. The zero-order valence-corrected chi connectivity index (χ0v) is 10.0. The van der Waals surface area contributed by atoms with Gasteiger partial charge in [0.15, 0.2) is 0 Å². The van der Waals surface area contributed by atoms with Crippen molar-refractivity contribution in [2.75, 3.05) is 13.2 Å². The average molecular weight is 211 g/mol. The molecular formula is C13H25NO. The van der Waals surface area contributed by atoms with Gasteiger partial charge < -0.3 is 10.1 Å². The quantitative estimate of drug-likeness (QED) is 0.725. The zero-order valence-electron chi connectivity index (χ0n) is 10.0. The van der Waals surface area contributed by atoms with E-state index in [2.05, 4.69) is 12.2 Å². The molecule has 2 rings (SSSR count). The van der Waals surface area contributed by atoms with E-state index in [0.717, 1.165) is 25.2 Å². The maximum atomic E-state index is 5.41. The van der Waals surface area contributed by atoms with Gasteiger partial charge in [0.2, 0.25) is 0 Å². The molecular weight excluding hydrogens is 186 g/mol. The van der Waals surface area contributed by atoms with Crippen molar-refractivity contribution in [3.8, 4) is 0 Å². The van der Waals surface area contributed by atoms with Crippen molar-refractivity contribution in [3.05, 3.63) is 0 Å². The number of ether oxygens (including phenoxy) is 1. The third-order valence-electron chi connectivity index (χ3n) is 4.07. The molecule has 3 atom stereocenters. The van der Waals surface area contributed by atoms with Crippen LogP contribution < -0.4 is 5.32 Å². The van der Waals surface area contributed by atoms with Crippen molar-refractivity contribution in [3.63, 3.8) is 0 Å². The van der Waals surface area contributed by atoms with Crippen LogP contribution in [0.4, 0.5) is 0 Å². The lowest BCUT2D eigenvalue weighted by molar-refractivity contribution is 0.187. The standard InChI is InChI=1S/C13H25NO/c1-2-11-4-3-5-12(7-6-11)14-13-8-9-15-10-13/h11-14H,2-10H2,1H3. The summed E-state index contributed by atoms with van der Waals surface area (Å²) in [7, 11) is 0. The summed E-state index contributed by atoms with van der Waals surface area (Å²) in [4.78, 5) is 0. The van der Waals surface area contributed by atoms with Gasteiger partial charge in [-0.15, -0.1) is 0 Å². The molecule has 0 radical (unpaired) electrons. The van der Waals surface area contributed by atoms with Gasteiger partial charge in [0.05, 0.1) is 6.61 Å². The van der Waals surface area contributed by atoms with Crippen LogP contribution in [-0.2, 0) is 4.74 Å². The SMILES string of the molecule is CCC1CCCC(NC2CCOC2)CC1. The first kappa shape index (κ1) is 11.4. The molecule has 2 heteroatoms. The second-order valence-electron chi connectivity index (χ2n) is 5.21. The minimum absolute atomic E-state index is 0.646. The molecule has 0 spiro atoms. The van der Waals surface area contributed by atoms with Crippen molar-refractivity contribution >= 4 is 0 Å². The number of nitrogens with one attached hydrogen (secondary N) is 1. The average Bonchev–Trinajstić information content (AvgIpc) is 2.64. The lowest BCUT2D eigenvalue weighted by Gasteiger charge is -2.20. The highest BCUT2D eigenvalue weighted by atomic mass is 16.5. The predicted octanol–water partition coefficient (Wildman–Crippen LogP) is 2.72. The van der Waals surface area contributed by atoms with Crippen molar-refractivity contribution < 1.29 is 4.74 Å². The minimum Gasteiger partial charge on any atom is -0.380 e. The third kappa shape index (κ3) is 3.46. The molecule has 1 N–H and O–H groups in total. The van der Waals surface area contributed by atoms with E-state index in [4.69, 9.17) is 4.74 Å². The summed E-state index contributed by atoms with van der Waals surface area (Å²) >= 11 is 0. The lowest BCUT2D eigenvalue weighted by Crippen LogP contribution is -2.38. The van der Waals surface area contributed by atoms with E-state index in [1.54, 1.807) is 0 Å². The van der Waals surface area contributed by atoms with Gasteiger partial charge in [-0.2, -0.15) is 0 Å². The molecule has 0 amide bonds. The van der Waals surface area contributed by atoms with E-state index in [9.17, 15) is 0 Å². The summed E-state index contributed by atoms with van der Waals surface area (Å²) in [6.07, 6.45) is 9.66. The topological polar surface area (TPSA) is 21.3 Å². The summed E-state index contributed by atoms with van der Waals surface area (Å²) in [6, 6.07) is 1.42. The highest BCUT2D eigenvalue weighted by molar-refractivity contribution is 4.80. The van der Waals surface area contributed by atoms with Crippen LogP contribution in [0.3, 0.4) is 0 Å². The molecule has 3 unspecified atom stereocenters. The van der Waals surface area contributed by atoms with E-state index in [1.807, 2.05) is 0 Å². The Morgan fingerprint density at radius 3 is 2.73 bits per heavy atom. The van der Waals surface area contributed by atoms with Gasteiger partial charge in [-0.05, 0) is 31.6 Å². The fourth-order valence-corrected chi connectivity index (χ4v) is 2.95. The molecule has 1 heterocycles. The molecule has 15 heavy (non-hydrogen) atoms. The van der Waals surface area contributed by atoms with Crippen LogP contribution in [0.5, 0.6) is 0 Å². The Morgan fingerprint density at radius 2 is 2.00 bits per heavy atom. The first-order valence-electron chi connectivity index (χ1n) is 6.72. The Labute approximate surface area is 93.8 Å². The highest BCUT2D eigenvalue weighted by Crippen LogP contribution is 2.26. The fourth-order valence-electron chi connectivity index (χ4n) is 2.95. The largest absolute Gasteiger partial charge is 0.380 e. The van der Waals surface area contributed by atoms with Crippen LogP contribution in [0.1, 0.15) is 51.9 Å². The van der Waals surface area contributed by atoms with Crippen molar-refractivity contribution in [2.45, 2.75) is 64.0 Å². The van der Waals surface area contributed by atoms with Crippen molar-refractivity contribution in [2.24, 2.45) is 5.92 Å². The molecule has 1 saturated heterocycles. The minimum atomic E-state index is 0.646. The van der Waals surface area contributed by atoms with Crippen LogP contribution in [0.2, 0.25) is 0 Å². The zero-order chi connectivity index (χ0) is 10.5. The van der Waals surface area contributed by atoms with Gasteiger partial charge in [0.1, 0.15) is 0 Å². The maximum Gasteiger partial charge on any atom is 0.0620 e. The predicted molar refractivity (Wildman–Crippen MR) is 63.0 cm³/mol. The van der Waals surface area contributed by atoms with Gasteiger partial charge in [0, 0.05) is 18.7 Å². The maximum absolute atomic E-state index is 5.41. The summed E-state index contributed by atoms with van der Waals surface area (Å²) in [6.45, 7) is 4.24. The number of hydrogen-bond acceptors (Lipinski definition) is 2. The van der Waals surface area contributed by atoms with E-state index >= 15 is 0 Å². The van der Waals surface area contributed by atoms with E-state index in [1.165, 1.54) is 44.9 Å². The second-order valence-corrected chi connectivity index (χ2v) is 5.21. The van der Waals surface area contributed by atoms with Crippen LogP contribution in [0.15, 0.2) is 0 Å². The van der Waals surface area contributed by atoms with Crippen LogP contribution >= 0.6 is 0 Å². The Balaban J connectivity index is 1.72. The van der Waals surface area contributed by atoms with E-state index < -0.39 is 0 Å². The third-order valence-corrected chi connectivity index (χ3v) is 4.07. The second kappa shape index (κ2) is 5.86. The Morgan fingerprint density at radius 1 is 1.07 bits per heavy atom. The summed E-state index contributed by atoms with van der Waals surface area (Å²) in [5.74, 6) is 0.997. The van der Waals surface area contributed by atoms with Crippen LogP contribution in [0, 0.1) is 5.92 Å². The molecule has 2 fully saturated rings. The van der Waals surface area contributed by atoms with Crippen molar-refractivity contribution in [1.82, 2.24) is 5.32 Å². The van der Waals surface area contributed by atoms with Crippen LogP contribution in [-0.4, -0.2) is 25.3 Å². The first-order valence-corrected chi connectivity index (χ1v) is 6.72. The van der Waals surface area contributed by atoms with Gasteiger partial charge in [0.25, 0.3) is 0 Å². The molecule has 88 valence electrons. The van der Waals surface area contributed by atoms with Gasteiger partial charge >= 0.3 is 0 Å². The smallest absolute Gasteiger partial charge is 0.0620 e. The van der Waals surface area contributed by atoms with Gasteiger partial charge in [-0.1, -0.05) is 26.2 Å².